The van der Waals surface area contributed by atoms with E-state index in [1.807, 2.05) is 61.5 Å². The van der Waals surface area contributed by atoms with Gasteiger partial charge in [0.1, 0.15) is 18.3 Å². The molecule has 0 bridgehead atoms. The zero-order chi connectivity index (χ0) is 25.8. The zero-order valence-corrected chi connectivity index (χ0v) is 21.0. The van der Waals surface area contributed by atoms with Gasteiger partial charge in [-0.25, -0.2) is 4.79 Å². The molecule has 0 amide bonds. The van der Waals surface area contributed by atoms with Crippen LogP contribution in [-0.2, 0) is 30.5 Å². The van der Waals surface area contributed by atoms with Crippen LogP contribution in [0.5, 0.6) is 5.75 Å². The van der Waals surface area contributed by atoms with Crippen molar-refractivity contribution in [3.63, 3.8) is 0 Å². The van der Waals surface area contributed by atoms with Crippen molar-refractivity contribution in [1.82, 2.24) is 5.32 Å². The van der Waals surface area contributed by atoms with Crippen molar-refractivity contribution in [3.8, 4) is 5.75 Å². The number of para-hydroxylation sites is 1. The summed E-state index contributed by atoms with van der Waals surface area (Å²) in [4.78, 5) is 39.7. The fourth-order valence-electron chi connectivity index (χ4n) is 5.06. The first-order chi connectivity index (χ1) is 17.4. The van der Waals surface area contributed by atoms with E-state index in [-0.39, 0.29) is 18.3 Å². The number of hydrogen-bond acceptors (Lipinski definition) is 7. The van der Waals surface area contributed by atoms with Crippen molar-refractivity contribution in [2.45, 2.75) is 39.7 Å². The number of methoxy groups -OCH3 is 1. The lowest BCUT2D eigenvalue weighted by molar-refractivity contribution is -0.151. The highest BCUT2D eigenvalue weighted by Crippen LogP contribution is 2.47. The average molecular weight is 490 g/mol. The number of Topliss-reactive ketones (excluding diaryl/α,β-unsaturated/α-hetero) is 1. The molecular weight excluding hydrogens is 458 g/mol. The molecule has 0 unspecified atom stereocenters. The van der Waals surface area contributed by atoms with Crippen molar-refractivity contribution in [2.75, 3.05) is 13.7 Å². The highest BCUT2D eigenvalue weighted by atomic mass is 16.5. The molecule has 2 aromatic carbocycles. The third-order valence-corrected chi connectivity index (χ3v) is 6.71. The van der Waals surface area contributed by atoms with Gasteiger partial charge in [0.25, 0.3) is 0 Å². The summed E-state index contributed by atoms with van der Waals surface area (Å²) in [6.45, 7) is 5.91. The number of hydrogen-bond donors (Lipinski definition) is 1. The lowest BCUT2D eigenvalue weighted by Gasteiger charge is -2.38. The number of carbonyl (C=O) groups is 3. The van der Waals surface area contributed by atoms with Crippen LogP contribution in [0.2, 0.25) is 0 Å². The number of nitrogens with one attached hydrogen (secondary N) is 1. The van der Waals surface area contributed by atoms with Crippen molar-refractivity contribution in [2.24, 2.45) is 11.8 Å². The molecule has 7 nitrogen and oxygen atoms in total. The number of ketones is 1. The Bertz CT molecular complexity index is 1230. The van der Waals surface area contributed by atoms with Gasteiger partial charge in [0.15, 0.2) is 5.78 Å². The molecule has 1 N–H and O–H groups in total. The monoisotopic (exact) mass is 489 g/mol. The third kappa shape index (κ3) is 4.78. The Morgan fingerprint density at radius 1 is 1.06 bits per heavy atom. The molecule has 1 aliphatic heterocycles. The molecule has 0 saturated carbocycles. The maximum atomic E-state index is 13.9. The maximum absolute atomic E-state index is 13.9. The molecule has 3 atom stereocenters. The summed E-state index contributed by atoms with van der Waals surface area (Å²) in [5.74, 6) is -2.83. The molecule has 36 heavy (non-hydrogen) atoms. The molecule has 2 aliphatic rings. The second-order valence-electron chi connectivity index (χ2n) is 9.07. The first kappa shape index (κ1) is 25.2. The Morgan fingerprint density at radius 2 is 1.75 bits per heavy atom. The number of allylic oxidation sites excluding steroid dienone is 3. The van der Waals surface area contributed by atoms with Crippen LogP contribution in [0, 0.1) is 11.8 Å². The van der Waals surface area contributed by atoms with Crippen molar-refractivity contribution in [3.05, 3.63) is 88.3 Å². The topological polar surface area (TPSA) is 90.9 Å². The Kier molecular flexibility index (Phi) is 7.58. The summed E-state index contributed by atoms with van der Waals surface area (Å²) in [5.41, 5.74) is 3.69. The quantitative estimate of drug-likeness (QED) is 0.454. The van der Waals surface area contributed by atoms with Crippen molar-refractivity contribution >= 4 is 17.7 Å². The molecule has 1 heterocycles. The minimum Gasteiger partial charge on any atom is -0.489 e. The Morgan fingerprint density at radius 3 is 2.44 bits per heavy atom. The minimum atomic E-state index is -0.947. The number of benzene rings is 2. The molecule has 7 heteroatoms. The number of rotatable bonds is 7. The molecule has 4 rings (SSSR count). The van der Waals surface area contributed by atoms with Crippen LogP contribution in [0.15, 0.2) is 77.1 Å². The average Bonchev–Trinajstić information content (AvgIpc) is 2.87. The largest absolute Gasteiger partial charge is 0.489 e. The predicted molar refractivity (Wildman–Crippen MR) is 134 cm³/mol. The summed E-state index contributed by atoms with van der Waals surface area (Å²) >= 11 is 0. The normalized spacial score (nSPS) is 21.4. The maximum Gasteiger partial charge on any atom is 0.336 e. The SMILES string of the molecule is CCOC(=O)C1=C(C)NC2=C(C(=O)[C@@H](C(=O)OC)[C@@H](C)C2)[C@H]1c1ccccc1OCc1ccccc1. The molecule has 0 saturated heterocycles. The van der Waals surface area contributed by atoms with Crippen LogP contribution in [0.4, 0.5) is 0 Å². The van der Waals surface area contributed by atoms with E-state index in [0.717, 1.165) is 5.56 Å². The fraction of sp³-hybridized carbons (Fsp3) is 0.345. The van der Waals surface area contributed by atoms with Gasteiger partial charge in [-0.1, -0.05) is 55.5 Å². The molecular formula is C29H31NO6. The van der Waals surface area contributed by atoms with Gasteiger partial charge in [-0.3, -0.25) is 9.59 Å². The number of dihydropyridines is 1. The number of ether oxygens (including phenoxy) is 3. The van der Waals surface area contributed by atoms with Gasteiger partial charge in [0.05, 0.1) is 25.2 Å². The summed E-state index contributed by atoms with van der Waals surface area (Å²) < 4.78 is 16.6. The van der Waals surface area contributed by atoms with E-state index in [1.165, 1.54) is 7.11 Å². The number of carbonyl (C=O) groups excluding carboxylic acids is 3. The van der Waals surface area contributed by atoms with Crippen molar-refractivity contribution in [1.29, 1.82) is 0 Å². The first-order valence-corrected chi connectivity index (χ1v) is 12.1. The van der Waals surface area contributed by atoms with Crippen LogP contribution in [0.3, 0.4) is 0 Å². The van der Waals surface area contributed by atoms with Crippen LogP contribution in [-0.4, -0.2) is 31.4 Å². The van der Waals surface area contributed by atoms with E-state index in [9.17, 15) is 14.4 Å². The van der Waals surface area contributed by atoms with Gasteiger partial charge in [0, 0.05) is 22.5 Å². The molecule has 0 spiro atoms. The lowest BCUT2D eigenvalue weighted by atomic mass is 9.69. The zero-order valence-electron chi connectivity index (χ0n) is 21.0. The van der Waals surface area contributed by atoms with Crippen molar-refractivity contribution < 1.29 is 28.6 Å². The smallest absolute Gasteiger partial charge is 0.336 e. The molecule has 0 aromatic heterocycles. The molecule has 0 fully saturated rings. The first-order valence-electron chi connectivity index (χ1n) is 12.1. The van der Waals surface area contributed by atoms with E-state index in [4.69, 9.17) is 14.2 Å². The van der Waals surface area contributed by atoms with E-state index < -0.39 is 23.8 Å². The predicted octanol–water partition coefficient (Wildman–Crippen LogP) is 4.44. The molecule has 1 aliphatic carbocycles. The van der Waals surface area contributed by atoms with Crippen LogP contribution in [0.25, 0.3) is 0 Å². The summed E-state index contributed by atoms with van der Waals surface area (Å²) in [6, 6.07) is 17.1. The molecule has 0 radical (unpaired) electrons. The molecule has 2 aromatic rings. The fourth-order valence-corrected chi connectivity index (χ4v) is 5.06. The standard InChI is InChI=1S/C29H31NO6/c1-5-35-29(33)24-18(3)30-21-15-17(2)23(28(32)34-4)27(31)26(21)25(24)20-13-9-10-14-22(20)36-16-19-11-7-6-8-12-19/h6-14,17,23,25,30H,5,15-16H2,1-4H3/t17-,23-,25-/m0/s1. The second kappa shape index (κ2) is 10.8. The van der Waals surface area contributed by atoms with E-state index >= 15 is 0 Å². The second-order valence-corrected chi connectivity index (χ2v) is 9.07. The summed E-state index contributed by atoms with van der Waals surface area (Å²) in [7, 11) is 1.28. The minimum absolute atomic E-state index is 0.191. The van der Waals surface area contributed by atoms with Crippen LogP contribution in [0.1, 0.15) is 44.2 Å². The van der Waals surface area contributed by atoms with Crippen LogP contribution < -0.4 is 10.1 Å². The highest BCUT2D eigenvalue weighted by Gasteiger charge is 2.47. The highest BCUT2D eigenvalue weighted by molar-refractivity contribution is 6.12. The van der Waals surface area contributed by atoms with Gasteiger partial charge in [-0.05, 0) is 37.8 Å². The van der Waals surface area contributed by atoms with Gasteiger partial charge < -0.3 is 19.5 Å². The van der Waals surface area contributed by atoms with Crippen LogP contribution >= 0.6 is 0 Å². The summed E-state index contributed by atoms with van der Waals surface area (Å²) in [5, 5.41) is 3.27. The Balaban J connectivity index is 1.84. The van der Waals surface area contributed by atoms with Gasteiger partial charge in [0.2, 0.25) is 0 Å². The Labute approximate surface area is 211 Å². The molecule has 188 valence electrons. The van der Waals surface area contributed by atoms with Gasteiger partial charge in [-0.15, -0.1) is 0 Å². The van der Waals surface area contributed by atoms with E-state index in [1.54, 1.807) is 13.8 Å². The van der Waals surface area contributed by atoms with E-state index in [2.05, 4.69) is 5.32 Å². The summed E-state index contributed by atoms with van der Waals surface area (Å²) in [6.07, 6.45) is 0.470. The Hall–Kier alpha value is -3.87. The number of esters is 2. The van der Waals surface area contributed by atoms with E-state index in [0.29, 0.717) is 46.9 Å². The van der Waals surface area contributed by atoms with Gasteiger partial charge in [-0.2, -0.15) is 0 Å². The lowest BCUT2D eigenvalue weighted by Crippen LogP contribution is -2.43. The third-order valence-electron chi connectivity index (χ3n) is 6.71. The van der Waals surface area contributed by atoms with Gasteiger partial charge >= 0.3 is 11.9 Å².